The Hall–Kier alpha value is -1.11. The normalized spacial score (nSPS) is 8.08. The minimum atomic E-state index is 1.18. The molecule has 1 heteroatoms. The third-order valence-electron chi connectivity index (χ3n) is 1.33. The molecule has 1 aromatic rings. The molecule has 0 radical (unpaired) electrons. The SMILES string of the molecule is C=CCCCC.c1ccncc1. The van der Waals surface area contributed by atoms with E-state index in [0.717, 1.165) is 0 Å². The molecule has 0 atom stereocenters. The Labute approximate surface area is 75.2 Å². The van der Waals surface area contributed by atoms with Crippen molar-refractivity contribution in [1.29, 1.82) is 0 Å². The van der Waals surface area contributed by atoms with Gasteiger partial charge in [0.25, 0.3) is 0 Å². The van der Waals surface area contributed by atoms with Gasteiger partial charge >= 0.3 is 0 Å². The topological polar surface area (TPSA) is 12.9 Å². The fourth-order valence-corrected chi connectivity index (χ4v) is 0.661. The van der Waals surface area contributed by atoms with Gasteiger partial charge in [-0.15, -0.1) is 6.58 Å². The highest BCUT2D eigenvalue weighted by Crippen LogP contribution is 1.91. The second-order valence-corrected chi connectivity index (χ2v) is 2.46. The fourth-order valence-electron chi connectivity index (χ4n) is 0.661. The second-order valence-electron chi connectivity index (χ2n) is 2.46. The Morgan fingerprint density at radius 2 is 1.92 bits per heavy atom. The highest BCUT2D eigenvalue weighted by atomic mass is 14.6. The lowest BCUT2D eigenvalue weighted by atomic mass is 10.3. The summed E-state index contributed by atoms with van der Waals surface area (Å²) in [5.74, 6) is 0. The molecule has 1 heterocycles. The monoisotopic (exact) mass is 163 g/mol. The second kappa shape index (κ2) is 9.89. The molecule has 0 bridgehead atoms. The van der Waals surface area contributed by atoms with Gasteiger partial charge in [0, 0.05) is 12.4 Å². The van der Waals surface area contributed by atoms with Crippen molar-refractivity contribution < 1.29 is 0 Å². The number of pyridine rings is 1. The first-order valence-corrected chi connectivity index (χ1v) is 4.37. The van der Waals surface area contributed by atoms with Crippen LogP contribution in [0.1, 0.15) is 26.2 Å². The van der Waals surface area contributed by atoms with Crippen LogP contribution in [0.2, 0.25) is 0 Å². The van der Waals surface area contributed by atoms with Crippen molar-refractivity contribution in [2.75, 3.05) is 0 Å². The average molecular weight is 163 g/mol. The van der Waals surface area contributed by atoms with Gasteiger partial charge in [0.05, 0.1) is 0 Å². The van der Waals surface area contributed by atoms with Crippen molar-refractivity contribution in [3.8, 4) is 0 Å². The first kappa shape index (κ1) is 10.9. The first-order valence-electron chi connectivity index (χ1n) is 4.37. The Morgan fingerprint density at radius 3 is 2.08 bits per heavy atom. The molecular weight excluding hydrogens is 146 g/mol. The van der Waals surface area contributed by atoms with E-state index >= 15 is 0 Å². The molecule has 0 aromatic carbocycles. The zero-order valence-corrected chi connectivity index (χ0v) is 7.74. The number of aromatic nitrogens is 1. The fraction of sp³-hybridized carbons (Fsp3) is 0.364. The van der Waals surface area contributed by atoms with E-state index in [2.05, 4.69) is 18.5 Å². The first-order chi connectivity index (χ1) is 5.91. The number of rotatable bonds is 3. The molecule has 0 aliphatic rings. The van der Waals surface area contributed by atoms with E-state index in [-0.39, 0.29) is 0 Å². The highest BCUT2D eigenvalue weighted by Gasteiger charge is 1.71. The van der Waals surface area contributed by atoms with Crippen LogP contribution in [-0.2, 0) is 0 Å². The molecule has 12 heavy (non-hydrogen) atoms. The van der Waals surface area contributed by atoms with Crippen LogP contribution in [0, 0.1) is 0 Å². The van der Waals surface area contributed by atoms with Gasteiger partial charge in [-0.25, -0.2) is 0 Å². The summed E-state index contributed by atoms with van der Waals surface area (Å²) < 4.78 is 0. The molecular formula is C11H17N. The highest BCUT2D eigenvalue weighted by molar-refractivity contribution is 4.88. The van der Waals surface area contributed by atoms with Crippen LogP contribution < -0.4 is 0 Å². The number of nitrogens with zero attached hydrogens (tertiary/aromatic N) is 1. The van der Waals surface area contributed by atoms with Crippen molar-refractivity contribution in [1.82, 2.24) is 4.98 Å². The molecule has 0 aliphatic heterocycles. The molecule has 0 saturated heterocycles. The van der Waals surface area contributed by atoms with Crippen LogP contribution in [-0.4, -0.2) is 4.98 Å². The minimum absolute atomic E-state index is 1.18. The third-order valence-corrected chi connectivity index (χ3v) is 1.33. The van der Waals surface area contributed by atoms with Gasteiger partial charge in [-0.3, -0.25) is 4.98 Å². The molecule has 0 saturated carbocycles. The quantitative estimate of drug-likeness (QED) is 0.491. The molecule has 66 valence electrons. The zero-order chi connectivity index (χ0) is 9.07. The predicted molar refractivity (Wildman–Crippen MR) is 54.0 cm³/mol. The molecule has 0 spiro atoms. The standard InChI is InChI=1S/C6H12.C5H5N/c1-3-5-6-4-2;1-2-4-6-5-3-1/h3H,1,4-6H2,2H3;1-5H. The summed E-state index contributed by atoms with van der Waals surface area (Å²) in [6.45, 7) is 5.78. The van der Waals surface area contributed by atoms with Gasteiger partial charge in [0.15, 0.2) is 0 Å². The number of allylic oxidation sites excluding steroid dienone is 1. The average Bonchev–Trinajstić information content (AvgIpc) is 2.18. The molecule has 1 nitrogen and oxygen atoms in total. The maximum absolute atomic E-state index is 3.78. The predicted octanol–water partition coefficient (Wildman–Crippen LogP) is 3.44. The van der Waals surface area contributed by atoms with Crippen molar-refractivity contribution >= 4 is 0 Å². The van der Waals surface area contributed by atoms with Gasteiger partial charge in [-0.1, -0.05) is 31.9 Å². The molecule has 1 rings (SSSR count). The Balaban J connectivity index is 0.000000202. The summed E-state index contributed by atoms with van der Waals surface area (Å²) in [6.07, 6.45) is 9.22. The van der Waals surface area contributed by atoms with Crippen molar-refractivity contribution in [2.45, 2.75) is 26.2 Å². The van der Waals surface area contributed by atoms with Crippen molar-refractivity contribution in [2.24, 2.45) is 0 Å². The summed E-state index contributed by atoms with van der Waals surface area (Å²) in [4.78, 5) is 3.78. The van der Waals surface area contributed by atoms with E-state index in [1.807, 2.05) is 24.3 Å². The maximum atomic E-state index is 3.78. The Kier molecular flexibility index (Phi) is 8.98. The van der Waals surface area contributed by atoms with Crippen molar-refractivity contribution in [3.05, 3.63) is 43.2 Å². The Morgan fingerprint density at radius 1 is 1.25 bits per heavy atom. The number of hydrogen-bond acceptors (Lipinski definition) is 1. The van der Waals surface area contributed by atoms with E-state index < -0.39 is 0 Å². The van der Waals surface area contributed by atoms with Crippen LogP contribution in [0.4, 0.5) is 0 Å². The lowest BCUT2D eigenvalue weighted by molar-refractivity contribution is 0.816. The largest absolute Gasteiger partial charge is 0.265 e. The van der Waals surface area contributed by atoms with Crippen LogP contribution in [0.15, 0.2) is 43.2 Å². The number of unbranched alkanes of at least 4 members (excludes halogenated alkanes) is 2. The lowest BCUT2D eigenvalue weighted by Gasteiger charge is -1.81. The van der Waals surface area contributed by atoms with Crippen LogP contribution >= 0.6 is 0 Å². The van der Waals surface area contributed by atoms with E-state index in [9.17, 15) is 0 Å². The van der Waals surface area contributed by atoms with Crippen LogP contribution in [0.3, 0.4) is 0 Å². The zero-order valence-electron chi connectivity index (χ0n) is 7.74. The molecule has 0 aliphatic carbocycles. The van der Waals surface area contributed by atoms with E-state index in [4.69, 9.17) is 0 Å². The van der Waals surface area contributed by atoms with Crippen LogP contribution in [0.5, 0.6) is 0 Å². The van der Waals surface area contributed by atoms with Gasteiger partial charge in [-0.2, -0.15) is 0 Å². The van der Waals surface area contributed by atoms with Gasteiger partial charge in [0.2, 0.25) is 0 Å². The van der Waals surface area contributed by atoms with Gasteiger partial charge in [0.1, 0.15) is 0 Å². The van der Waals surface area contributed by atoms with E-state index in [0.29, 0.717) is 0 Å². The van der Waals surface area contributed by atoms with Gasteiger partial charge in [-0.05, 0) is 18.6 Å². The van der Waals surface area contributed by atoms with Crippen molar-refractivity contribution in [3.63, 3.8) is 0 Å². The smallest absolute Gasteiger partial charge is 0.0267 e. The summed E-state index contributed by atoms with van der Waals surface area (Å²) in [6, 6.07) is 5.72. The molecule has 0 unspecified atom stereocenters. The van der Waals surface area contributed by atoms with Crippen LogP contribution in [0.25, 0.3) is 0 Å². The molecule has 0 amide bonds. The summed E-state index contributed by atoms with van der Waals surface area (Å²) in [5.41, 5.74) is 0. The van der Waals surface area contributed by atoms with E-state index in [1.54, 1.807) is 12.4 Å². The Bertz CT molecular complexity index is 143. The lowest BCUT2D eigenvalue weighted by Crippen LogP contribution is -1.61. The summed E-state index contributed by atoms with van der Waals surface area (Å²) in [7, 11) is 0. The molecule has 0 fully saturated rings. The summed E-state index contributed by atoms with van der Waals surface area (Å²) >= 11 is 0. The molecule has 1 aromatic heterocycles. The maximum Gasteiger partial charge on any atom is 0.0267 e. The third kappa shape index (κ3) is 8.89. The van der Waals surface area contributed by atoms with Gasteiger partial charge < -0.3 is 0 Å². The summed E-state index contributed by atoms with van der Waals surface area (Å²) in [5, 5.41) is 0. The molecule has 0 N–H and O–H groups in total. The number of hydrogen-bond donors (Lipinski definition) is 0. The van der Waals surface area contributed by atoms with E-state index in [1.165, 1.54) is 19.3 Å². The minimum Gasteiger partial charge on any atom is -0.265 e.